The zero-order valence-electron chi connectivity index (χ0n) is 13.9. The maximum absolute atomic E-state index is 12.6. The molecule has 0 saturated heterocycles. The number of fused-ring (bicyclic) bond motifs is 1. The Balaban J connectivity index is 1.51. The molecule has 0 aromatic heterocycles. The lowest BCUT2D eigenvalue weighted by molar-refractivity contribution is 0.0985. The van der Waals surface area contributed by atoms with E-state index in [9.17, 15) is 9.59 Å². The quantitative estimate of drug-likeness (QED) is 0.716. The van der Waals surface area contributed by atoms with E-state index in [0.29, 0.717) is 11.1 Å². The van der Waals surface area contributed by atoms with E-state index in [1.165, 1.54) is 6.08 Å². The summed E-state index contributed by atoms with van der Waals surface area (Å²) in [6.45, 7) is 0. The van der Waals surface area contributed by atoms with Gasteiger partial charge in [-0.1, -0.05) is 42.5 Å². The number of Topliss-reactive ketones (excluding diaryl/α,β-unsaturated/α-hetero) is 1. The molecule has 4 heteroatoms. The van der Waals surface area contributed by atoms with Gasteiger partial charge in [-0.25, -0.2) is 0 Å². The standard InChI is InChI=1S/C22H16N2O2/c25-21-14-20(22(26)19-9-5-4-8-18(19)21)24-17-12-10-16(11-13-17)23-15-6-2-1-3-7-15/h1-14,23-24H. The molecule has 0 atom stereocenters. The number of allylic oxidation sites excluding steroid dienone is 2. The van der Waals surface area contributed by atoms with Gasteiger partial charge in [-0.05, 0) is 36.4 Å². The average molecular weight is 340 g/mol. The van der Waals surface area contributed by atoms with Gasteiger partial charge in [-0.2, -0.15) is 0 Å². The average Bonchev–Trinajstić information content (AvgIpc) is 2.68. The SMILES string of the molecule is O=C1C=C(Nc2ccc(Nc3ccccc3)cc2)C(=O)c2ccccc21. The fraction of sp³-hybridized carbons (Fsp3) is 0. The van der Waals surface area contributed by atoms with Gasteiger partial charge in [0.2, 0.25) is 5.78 Å². The Bertz CT molecular complexity index is 1010. The molecule has 1 aliphatic carbocycles. The normalized spacial score (nSPS) is 13.0. The smallest absolute Gasteiger partial charge is 0.210 e. The van der Waals surface area contributed by atoms with Gasteiger partial charge < -0.3 is 10.6 Å². The number of carbonyl (C=O) groups excluding carboxylic acids is 2. The first-order chi connectivity index (χ1) is 12.7. The summed E-state index contributed by atoms with van der Waals surface area (Å²) in [5.41, 5.74) is 3.86. The van der Waals surface area contributed by atoms with Crippen molar-refractivity contribution in [2.75, 3.05) is 10.6 Å². The minimum atomic E-state index is -0.174. The van der Waals surface area contributed by atoms with E-state index in [2.05, 4.69) is 10.6 Å². The molecule has 26 heavy (non-hydrogen) atoms. The Morgan fingerprint density at radius 1 is 0.538 bits per heavy atom. The maximum atomic E-state index is 12.6. The lowest BCUT2D eigenvalue weighted by atomic mass is 9.92. The largest absolute Gasteiger partial charge is 0.356 e. The van der Waals surface area contributed by atoms with Crippen LogP contribution >= 0.6 is 0 Å². The molecule has 0 saturated carbocycles. The van der Waals surface area contributed by atoms with Crippen LogP contribution in [0.15, 0.2) is 90.6 Å². The van der Waals surface area contributed by atoms with E-state index < -0.39 is 0 Å². The van der Waals surface area contributed by atoms with Gasteiger partial charge in [0.15, 0.2) is 5.78 Å². The third-order valence-corrected chi connectivity index (χ3v) is 4.18. The van der Waals surface area contributed by atoms with Crippen LogP contribution in [0.1, 0.15) is 20.7 Å². The molecular weight excluding hydrogens is 324 g/mol. The van der Waals surface area contributed by atoms with Crippen LogP contribution < -0.4 is 10.6 Å². The van der Waals surface area contributed by atoms with E-state index in [-0.39, 0.29) is 17.3 Å². The molecule has 4 rings (SSSR count). The van der Waals surface area contributed by atoms with Gasteiger partial charge in [-0.3, -0.25) is 9.59 Å². The molecule has 3 aromatic rings. The van der Waals surface area contributed by atoms with Crippen molar-refractivity contribution in [2.24, 2.45) is 0 Å². The zero-order valence-corrected chi connectivity index (χ0v) is 13.9. The highest BCUT2D eigenvalue weighted by molar-refractivity contribution is 6.25. The third kappa shape index (κ3) is 3.13. The number of hydrogen-bond acceptors (Lipinski definition) is 4. The fourth-order valence-corrected chi connectivity index (χ4v) is 2.89. The molecule has 0 aliphatic heterocycles. The Kier molecular flexibility index (Phi) is 4.07. The number of hydrogen-bond donors (Lipinski definition) is 2. The Morgan fingerprint density at radius 2 is 1.08 bits per heavy atom. The molecule has 126 valence electrons. The second-order valence-corrected chi connectivity index (χ2v) is 5.99. The molecule has 0 unspecified atom stereocenters. The molecule has 2 N–H and O–H groups in total. The molecule has 0 bridgehead atoms. The first-order valence-corrected chi connectivity index (χ1v) is 8.29. The molecule has 3 aromatic carbocycles. The maximum Gasteiger partial charge on any atom is 0.210 e. The van der Waals surface area contributed by atoms with E-state index in [1.807, 2.05) is 54.6 Å². The van der Waals surface area contributed by atoms with Gasteiger partial charge in [0.05, 0.1) is 5.70 Å². The predicted octanol–water partition coefficient (Wildman–Crippen LogP) is 4.81. The number of carbonyl (C=O) groups is 2. The summed E-state index contributed by atoms with van der Waals surface area (Å²) in [5.74, 6) is -0.336. The molecular formula is C22H16N2O2. The summed E-state index contributed by atoms with van der Waals surface area (Å²) in [4.78, 5) is 24.8. The minimum Gasteiger partial charge on any atom is -0.356 e. The van der Waals surface area contributed by atoms with Crippen LogP contribution in [0, 0.1) is 0 Å². The second kappa shape index (κ2) is 6.69. The number of ketones is 2. The molecule has 0 amide bonds. The van der Waals surface area contributed by atoms with E-state index in [1.54, 1.807) is 24.3 Å². The van der Waals surface area contributed by atoms with Gasteiger partial charge >= 0.3 is 0 Å². The van der Waals surface area contributed by atoms with Crippen molar-refractivity contribution >= 4 is 28.6 Å². The minimum absolute atomic E-state index is 0.162. The number of benzene rings is 3. The second-order valence-electron chi connectivity index (χ2n) is 5.99. The van der Waals surface area contributed by atoms with Crippen LogP contribution in [-0.2, 0) is 0 Å². The summed E-state index contributed by atoms with van der Waals surface area (Å²) < 4.78 is 0. The van der Waals surface area contributed by atoms with Crippen LogP contribution in [-0.4, -0.2) is 11.6 Å². The van der Waals surface area contributed by atoms with Crippen LogP contribution in [0.4, 0.5) is 17.1 Å². The van der Waals surface area contributed by atoms with Crippen molar-refractivity contribution in [3.05, 3.63) is 102 Å². The van der Waals surface area contributed by atoms with Crippen molar-refractivity contribution in [3.8, 4) is 0 Å². The van der Waals surface area contributed by atoms with Gasteiger partial charge in [0.1, 0.15) is 0 Å². The molecule has 4 nitrogen and oxygen atoms in total. The molecule has 0 fully saturated rings. The van der Waals surface area contributed by atoms with Crippen molar-refractivity contribution in [1.82, 2.24) is 0 Å². The zero-order chi connectivity index (χ0) is 17.9. The predicted molar refractivity (Wildman–Crippen MR) is 103 cm³/mol. The van der Waals surface area contributed by atoms with Crippen molar-refractivity contribution in [2.45, 2.75) is 0 Å². The summed E-state index contributed by atoms with van der Waals surface area (Å²) >= 11 is 0. The summed E-state index contributed by atoms with van der Waals surface area (Å²) in [6.07, 6.45) is 1.36. The Labute approximate surface area is 151 Å². The highest BCUT2D eigenvalue weighted by atomic mass is 16.1. The molecule has 0 radical (unpaired) electrons. The molecule has 0 heterocycles. The van der Waals surface area contributed by atoms with Crippen molar-refractivity contribution in [3.63, 3.8) is 0 Å². The lowest BCUT2D eigenvalue weighted by Crippen LogP contribution is -2.21. The summed E-state index contributed by atoms with van der Waals surface area (Å²) in [7, 11) is 0. The third-order valence-electron chi connectivity index (χ3n) is 4.18. The highest BCUT2D eigenvalue weighted by Gasteiger charge is 2.25. The topological polar surface area (TPSA) is 58.2 Å². The summed E-state index contributed by atoms with van der Waals surface area (Å²) in [5, 5.41) is 6.36. The number of para-hydroxylation sites is 1. The monoisotopic (exact) mass is 340 g/mol. The fourth-order valence-electron chi connectivity index (χ4n) is 2.89. The molecule has 0 spiro atoms. The molecule has 1 aliphatic rings. The van der Waals surface area contributed by atoms with Crippen molar-refractivity contribution < 1.29 is 9.59 Å². The van der Waals surface area contributed by atoms with E-state index >= 15 is 0 Å². The highest BCUT2D eigenvalue weighted by Crippen LogP contribution is 2.24. The van der Waals surface area contributed by atoms with Crippen LogP contribution in [0.25, 0.3) is 0 Å². The number of rotatable bonds is 4. The van der Waals surface area contributed by atoms with E-state index in [0.717, 1.165) is 17.1 Å². The number of anilines is 3. The van der Waals surface area contributed by atoms with Gasteiger partial charge in [0, 0.05) is 34.3 Å². The van der Waals surface area contributed by atoms with Gasteiger partial charge in [0.25, 0.3) is 0 Å². The number of nitrogens with one attached hydrogen (secondary N) is 2. The van der Waals surface area contributed by atoms with Crippen molar-refractivity contribution in [1.29, 1.82) is 0 Å². The Hall–Kier alpha value is -3.66. The van der Waals surface area contributed by atoms with Crippen LogP contribution in [0.5, 0.6) is 0 Å². The first-order valence-electron chi connectivity index (χ1n) is 8.29. The van der Waals surface area contributed by atoms with Gasteiger partial charge in [-0.15, -0.1) is 0 Å². The lowest BCUT2D eigenvalue weighted by Gasteiger charge is -2.16. The van der Waals surface area contributed by atoms with Crippen LogP contribution in [0.3, 0.4) is 0 Å². The summed E-state index contributed by atoms with van der Waals surface area (Å²) in [6, 6.07) is 24.3. The van der Waals surface area contributed by atoms with Crippen LogP contribution in [0.2, 0.25) is 0 Å². The first kappa shape index (κ1) is 15.8. The Morgan fingerprint density at radius 3 is 1.77 bits per heavy atom. The van der Waals surface area contributed by atoms with E-state index in [4.69, 9.17) is 0 Å².